The molecular formula is C14H18F3NO. The van der Waals surface area contributed by atoms with E-state index < -0.39 is 17.3 Å². The zero-order valence-electron chi connectivity index (χ0n) is 10.9. The Kier molecular flexibility index (Phi) is 3.76. The lowest BCUT2D eigenvalue weighted by molar-refractivity contribution is -0.137. The predicted molar refractivity (Wildman–Crippen MR) is 66.9 cm³/mol. The first-order valence-electron chi connectivity index (χ1n) is 6.41. The number of halogens is 3. The molecule has 0 heterocycles. The summed E-state index contributed by atoms with van der Waals surface area (Å²) >= 11 is 0. The molecule has 1 saturated carbocycles. The summed E-state index contributed by atoms with van der Waals surface area (Å²) in [5.74, 6) is 0.235. The summed E-state index contributed by atoms with van der Waals surface area (Å²) in [6.45, 7) is 0. The van der Waals surface area contributed by atoms with Crippen LogP contribution in [0.1, 0.15) is 43.2 Å². The highest BCUT2D eigenvalue weighted by Crippen LogP contribution is 2.41. The number of alkyl halides is 3. The van der Waals surface area contributed by atoms with Crippen LogP contribution in [0.2, 0.25) is 0 Å². The third-order valence-electron chi connectivity index (χ3n) is 3.81. The Hall–Kier alpha value is -1.23. The minimum atomic E-state index is -4.36. The molecule has 19 heavy (non-hydrogen) atoms. The van der Waals surface area contributed by atoms with Crippen molar-refractivity contribution >= 4 is 0 Å². The molecular weight excluding hydrogens is 255 g/mol. The van der Waals surface area contributed by atoms with Gasteiger partial charge >= 0.3 is 6.18 Å². The van der Waals surface area contributed by atoms with Crippen LogP contribution in [-0.2, 0) is 11.7 Å². The van der Waals surface area contributed by atoms with E-state index in [1.165, 1.54) is 13.2 Å². The van der Waals surface area contributed by atoms with Crippen LogP contribution in [0.5, 0.6) is 5.75 Å². The smallest absolute Gasteiger partial charge is 0.416 e. The van der Waals surface area contributed by atoms with Crippen LogP contribution in [0.25, 0.3) is 0 Å². The third kappa shape index (κ3) is 2.86. The molecule has 2 nitrogen and oxygen atoms in total. The molecule has 0 spiro atoms. The molecule has 1 aromatic rings. The number of nitrogens with two attached hydrogens (primary N) is 1. The van der Waals surface area contributed by atoms with Crippen LogP contribution >= 0.6 is 0 Å². The molecule has 1 fully saturated rings. The topological polar surface area (TPSA) is 35.2 Å². The Bertz CT molecular complexity index is 450. The highest BCUT2D eigenvalue weighted by Gasteiger charge is 2.35. The Morgan fingerprint density at radius 2 is 1.79 bits per heavy atom. The molecule has 0 aromatic heterocycles. The van der Waals surface area contributed by atoms with E-state index in [1.54, 1.807) is 0 Å². The standard InChI is InChI=1S/C14H18F3NO/c1-19-12-9-10(14(15,16)17)5-6-11(12)13(18)7-3-2-4-8-13/h5-6,9H,2-4,7-8,18H2,1H3. The van der Waals surface area contributed by atoms with Crippen LogP contribution in [0.3, 0.4) is 0 Å². The van der Waals surface area contributed by atoms with Crippen molar-refractivity contribution in [1.82, 2.24) is 0 Å². The molecule has 2 N–H and O–H groups in total. The first-order valence-corrected chi connectivity index (χ1v) is 6.41. The van der Waals surface area contributed by atoms with Crippen molar-refractivity contribution < 1.29 is 17.9 Å². The lowest BCUT2D eigenvalue weighted by Crippen LogP contribution is -2.39. The Labute approximate surface area is 110 Å². The summed E-state index contributed by atoms with van der Waals surface area (Å²) in [7, 11) is 1.38. The molecule has 0 radical (unpaired) electrons. The summed E-state index contributed by atoms with van der Waals surface area (Å²) in [6.07, 6.45) is 0.340. The first kappa shape index (κ1) is 14.2. The summed E-state index contributed by atoms with van der Waals surface area (Å²) in [6, 6.07) is 3.59. The summed E-state index contributed by atoms with van der Waals surface area (Å²) in [5.41, 5.74) is 5.77. The lowest BCUT2D eigenvalue weighted by Gasteiger charge is -2.35. The molecule has 0 unspecified atom stereocenters. The largest absolute Gasteiger partial charge is 0.496 e. The second-order valence-electron chi connectivity index (χ2n) is 5.13. The quantitative estimate of drug-likeness (QED) is 0.888. The van der Waals surface area contributed by atoms with Crippen LogP contribution in [0.4, 0.5) is 13.2 Å². The van der Waals surface area contributed by atoms with E-state index >= 15 is 0 Å². The van der Waals surface area contributed by atoms with Gasteiger partial charge in [-0.15, -0.1) is 0 Å². The summed E-state index contributed by atoms with van der Waals surface area (Å²) in [4.78, 5) is 0. The third-order valence-corrected chi connectivity index (χ3v) is 3.81. The van der Waals surface area contributed by atoms with Crippen molar-refractivity contribution in [3.8, 4) is 5.75 Å². The average molecular weight is 273 g/mol. The van der Waals surface area contributed by atoms with Gasteiger partial charge in [-0.05, 0) is 25.0 Å². The zero-order valence-corrected chi connectivity index (χ0v) is 10.9. The van der Waals surface area contributed by atoms with Crippen molar-refractivity contribution in [3.63, 3.8) is 0 Å². The Morgan fingerprint density at radius 1 is 1.16 bits per heavy atom. The second-order valence-corrected chi connectivity index (χ2v) is 5.13. The number of hydrogen-bond acceptors (Lipinski definition) is 2. The fourth-order valence-corrected chi connectivity index (χ4v) is 2.73. The molecule has 1 aliphatic carbocycles. The maximum atomic E-state index is 12.7. The number of benzene rings is 1. The number of hydrogen-bond donors (Lipinski definition) is 1. The summed E-state index contributed by atoms with van der Waals surface area (Å²) in [5, 5.41) is 0. The molecule has 1 aliphatic rings. The molecule has 0 atom stereocenters. The average Bonchev–Trinajstić information content (AvgIpc) is 2.38. The maximum absolute atomic E-state index is 12.7. The Balaban J connectivity index is 2.41. The number of methoxy groups -OCH3 is 1. The highest BCUT2D eigenvalue weighted by molar-refractivity contribution is 5.43. The predicted octanol–water partition coefficient (Wildman–Crippen LogP) is 3.83. The molecule has 106 valence electrons. The maximum Gasteiger partial charge on any atom is 0.416 e. The van der Waals surface area contributed by atoms with Crippen molar-refractivity contribution in [2.75, 3.05) is 7.11 Å². The Morgan fingerprint density at radius 3 is 2.32 bits per heavy atom. The van der Waals surface area contributed by atoms with E-state index in [4.69, 9.17) is 10.5 Å². The van der Waals surface area contributed by atoms with E-state index in [0.717, 1.165) is 44.2 Å². The first-order chi connectivity index (χ1) is 8.87. The van der Waals surface area contributed by atoms with Crippen molar-refractivity contribution in [3.05, 3.63) is 29.3 Å². The SMILES string of the molecule is COc1cc(C(F)(F)F)ccc1C1(N)CCCCC1. The van der Waals surface area contributed by atoms with E-state index in [2.05, 4.69) is 0 Å². The molecule has 1 aromatic carbocycles. The van der Waals surface area contributed by atoms with Gasteiger partial charge in [0.25, 0.3) is 0 Å². The highest BCUT2D eigenvalue weighted by atomic mass is 19.4. The number of ether oxygens (including phenoxy) is 1. The van der Waals surface area contributed by atoms with Gasteiger partial charge in [0.15, 0.2) is 0 Å². The monoisotopic (exact) mass is 273 g/mol. The van der Waals surface area contributed by atoms with E-state index in [1.807, 2.05) is 0 Å². The van der Waals surface area contributed by atoms with E-state index in [0.29, 0.717) is 5.56 Å². The molecule has 0 saturated heterocycles. The van der Waals surface area contributed by atoms with Gasteiger partial charge in [0.2, 0.25) is 0 Å². The van der Waals surface area contributed by atoms with Crippen molar-refractivity contribution in [2.45, 2.75) is 43.8 Å². The molecule has 0 bridgehead atoms. The zero-order chi connectivity index (χ0) is 14.1. The van der Waals surface area contributed by atoms with E-state index in [-0.39, 0.29) is 5.75 Å². The molecule has 0 aliphatic heterocycles. The molecule has 2 rings (SSSR count). The fourth-order valence-electron chi connectivity index (χ4n) is 2.73. The van der Waals surface area contributed by atoms with Gasteiger partial charge in [-0.2, -0.15) is 13.2 Å². The molecule has 5 heteroatoms. The lowest BCUT2D eigenvalue weighted by atomic mass is 9.77. The number of rotatable bonds is 2. The van der Waals surface area contributed by atoms with Crippen LogP contribution in [0, 0.1) is 0 Å². The van der Waals surface area contributed by atoms with Crippen molar-refractivity contribution in [1.29, 1.82) is 0 Å². The van der Waals surface area contributed by atoms with Gasteiger partial charge in [0, 0.05) is 11.1 Å². The van der Waals surface area contributed by atoms with Gasteiger partial charge in [-0.3, -0.25) is 0 Å². The fraction of sp³-hybridized carbons (Fsp3) is 0.571. The van der Waals surface area contributed by atoms with Gasteiger partial charge in [-0.25, -0.2) is 0 Å². The normalized spacial score (nSPS) is 19.2. The van der Waals surface area contributed by atoms with Gasteiger partial charge in [-0.1, -0.05) is 25.3 Å². The second kappa shape index (κ2) is 5.04. The van der Waals surface area contributed by atoms with Crippen LogP contribution in [0.15, 0.2) is 18.2 Å². The van der Waals surface area contributed by atoms with Gasteiger partial charge < -0.3 is 10.5 Å². The minimum Gasteiger partial charge on any atom is -0.496 e. The van der Waals surface area contributed by atoms with Crippen LogP contribution in [-0.4, -0.2) is 7.11 Å². The van der Waals surface area contributed by atoms with Gasteiger partial charge in [0.1, 0.15) is 5.75 Å². The van der Waals surface area contributed by atoms with Gasteiger partial charge in [0.05, 0.1) is 12.7 Å². The van der Waals surface area contributed by atoms with Crippen molar-refractivity contribution in [2.24, 2.45) is 5.73 Å². The minimum absolute atomic E-state index is 0.235. The summed E-state index contributed by atoms with van der Waals surface area (Å²) < 4.78 is 43.2. The van der Waals surface area contributed by atoms with E-state index in [9.17, 15) is 13.2 Å². The van der Waals surface area contributed by atoms with Crippen LogP contribution < -0.4 is 10.5 Å². The molecule has 0 amide bonds.